The summed E-state index contributed by atoms with van der Waals surface area (Å²) in [7, 11) is 0. The predicted molar refractivity (Wildman–Crippen MR) is 209 cm³/mol. The maximum Gasteiger partial charge on any atom is 0.143 e. The van der Waals surface area contributed by atoms with E-state index in [9.17, 15) is 0 Å². The molecule has 11 aromatic rings. The molecule has 10 aromatic carbocycles. The summed E-state index contributed by atoms with van der Waals surface area (Å²) >= 11 is 0. The van der Waals surface area contributed by atoms with Crippen LogP contribution >= 0.6 is 0 Å². The normalized spacial score (nSPS) is 12.1. The summed E-state index contributed by atoms with van der Waals surface area (Å²) < 4.78 is 6.77. The first-order chi connectivity index (χ1) is 24.3. The fourth-order valence-corrected chi connectivity index (χ4v) is 8.39. The van der Waals surface area contributed by atoms with Crippen LogP contribution in [0.2, 0.25) is 0 Å². The maximum absolute atomic E-state index is 6.77. The van der Waals surface area contributed by atoms with E-state index in [0.717, 1.165) is 33.1 Å². The van der Waals surface area contributed by atoms with Crippen LogP contribution < -0.4 is 0 Å². The largest absolute Gasteiger partial charge is 0.455 e. The fourth-order valence-electron chi connectivity index (χ4n) is 8.39. The molecule has 0 spiro atoms. The maximum atomic E-state index is 6.77. The molecule has 0 saturated carbocycles. The Hall–Kier alpha value is -6.44. The van der Waals surface area contributed by atoms with Crippen molar-refractivity contribution in [3.8, 4) is 33.4 Å². The van der Waals surface area contributed by atoms with E-state index in [4.69, 9.17) is 4.42 Å². The van der Waals surface area contributed by atoms with Crippen LogP contribution in [-0.2, 0) is 0 Å². The number of hydrogen-bond acceptors (Lipinski definition) is 1. The first-order valence-corrected chi connectivity index (χ1v) is 16.9. The van der Waals surface area contributed by atoms with Gasteiger partial charge in [0, 0.05) is 16.3 Å². The number of para-hydroxylation sites is 1. The van der Waals surface area contributed by atoms with Gasteiger partial charge in [-0.3, -0.25) is 0 Å². The van der Waals surface area contributed by atoms with E-state index >= 15 is 0 Å². The summed E-state index contributed by atoms with van der Waals surface area (Å²) in [6.45, 7) is 0. The lowest BCUT2D eigenvalue weighted by Crippen LogP contribution is -1.89. The van der Waals surface area contributed by atoms with Gasteiger partial charge in [-0.25, -0.2) is 0 Å². The van der Waals surface area contributed by atoms with Crippen molar-refractivity contribution < 1.29 is 4.42 Å². The van der Waals surface area contributed by atoms with Crippen LogP contribution in [0.5, 0.6) is 0 Å². The van der Waals surface area contributed by atoms with Gasteiger partial charge in [0.05, 0.1) is 0 Å². The summed E-state index contributed by atoms with van der Waals surface area (Å²) in [4.78, 5) is 0. The minimum absolute atomic E-state index is 0.906. The molecular weight excluding hydrogens is 593 g/mol. The SMILES string of the molecule is c1ccc(-c2ccc3ccc4c(-c5cccc6oc7c(-c8ccc9c(ccc%10ccccc%109)c8)cccc7c56)ccc5ccc2c3c54)cc1. The summed E-state index contributed by atoms with van der Waals surface area (Å²) in [5, 5.41) is 15.1. The lowest BCUT2D eigenvalue weighted by molar-refractivity contribution is 0.670. The highest BCUT2D eigenvalue weighted by atomic mass is 16.3. The summed E-state index contributed by atoms with van der Waals surface area (Å²) in [5.74, 6) is 0. The molecule has 1 heterocycles. The second kappa shape index (κ2) is 10.0. The second-order valence-corrected chi connectivity index (χ2v) is 13.2. The third-order valence-electron chi connectivity index (χ3n) is 10.6. The Morgan fingerprint density at radius 2 is 0.898 bits per heavy atom. The van der Waals surface area contributed by atoms with Gasteiger partial charge in [-0.1, -0.05) is 158 Å². The number of hydrogen-bond donors (Lipinski definition) is 0. The minimum Gasteiger partial charge on any atom is -0.455 e. The molecule has 0 unspecified atom stereocenters. The van der Waals surface area contributed by atoms with Crippen molar-refractivity contribution in [2.45, 2.75) is 0 Å². The Morgan fingerprint density at radius 1 is 0.286 bits per heavy atom. The zero-order valence-corrected chi connectivity index (χ0v) is 26.6. The van der Waals surface area contributed by atoms with Gasteiger partial charge in [0.2, 0.25) is 0 Å². The van der Waals surface area contributed by atoms with Crippen LogP contribution in [0, 0.1) is 0 Å². The van der Waals surface area contributed by atoms with Crippen molar-refractivity contribution in [2.75, 3.05) is 0 Å². The third-order valence-corrected chi connectivity index (χ3v) is 10.6. The summed E-state index contributed by atoms with van der Waals surface area (Å²) in [6, 6.07) is 62.0. The van der Waals surface area contributed by atoms with Crippen LogP contribution in [-0.4, -0.2) is 0 Å². The van der Waals surface area contributed by atoms with Gasteiger partial charge in [0.25, 0.3) is 0 Å². The van der Waals surface area contributed by atoms with Gasteiger partial charge in [-0.2, -0.15) is 0 Å². The number of furan rings is 1. The van der Waals surface area contributed by atoms with Gasteiger partial charge in [0.1, 0.15) is 11.2 Å². The van der Waals surface area contributed by atoms with Gasteiger partial charge in [-0.05, 0) is 93.8 Å². The standard InChI is InChI=1S/C48H28O/c1-2-8-29(9-3-1)36-23-18-31-21-27-42-39(25-19-32-20-26-41(36)45(31)46(32)42)40-13-7-15-44-47(40)43-14-6-12-38(48(43)49-44)34-22-24-37-33(28-34)17-16-30-10-4-5-11-35(30)37/h1-28H. The van der Waals surface area contributed by atoms with Gasteiger partial charge in [-0.15, -0.1) is 0 Å². The highest BCUT2D eigenvalue weighted by Gasteiger charge is 2.19. The highest BCUT2D eigenvalue weighted by Crippen LogP contribution is 2.46. The first kappa shape index (κ1) is 26.6. The molecule has 0 aliphatic rings. The van der Waals surface area contributed by atoms with Crippen LogP contribution in [0.25, 0.3) is 109 Å². The zero-order valence-electron chi connectivity index (χ0n) is 26.6. The molecule has 0 aliphatic carbocycles. The molecule has 0 fully saturated rings. The van der Waals surface area contributed by atoms with Crippen LogP contribution in [0.15, 0.2) is 174 Å². The molecule has 11 rings (SSSR count). The van der Waals surface area contributed by atoms with Crippen LogP contribution in [0.4, 0.5) is 0 Å². The average Bonchev–Trinajstić information content (AvgIpc) is 3.56. The molecule has 0 atom stereocenters. The van der Waals surface area contributed by atoms with Gasteiger partial charge in [0.15, 0.2) is 0 Å². The van der Waals surface area contributed by atoms with Gasteiger partial charge >= 0.3 is 0 Å². The molecule has 0 N–H and O–H groups in total. The van der Waals surface area contributed by atoms with E-state index in [1.807, 2.05) is 0 Å². The second-order valence-electron chi connectivity index (χ2n) is 13.2. The van der Waals surface area contributed by atoms with Crippen molar-refractivity contribution >= 4 is 75.8 Å². The highest BCUT2D eigenvalue weighted by molar-refractivity contribution is 6.29. The molecule has 0 aliphatic heterocycles. The van der Waals surface area contributed by atoms with Crippen molar-refractivity contribution in [2.24, 2.45) is 0 Å². The zero-order chi connectivity index (χ0) is 32.1. The monoisotopic (exact) mass is 620 g/mol. The molecular formula is C48H28O. The van der Waals surface area contributed by atoms with E-state index in [1.54, 1.807) is 0 Å². The van der Waals surface area contributed by atoms with E-state index in [1.165, 1.54) is 76.1 Å². The Kier molecular flexibility index (Phi) is 5.45. The number of benzene rings is 10. The topological polar surface area (TPSA) is 13.1 Å². The Balaban J connectivity index is 1.14. The van der Waals surface area contributed by atoms with Gasteiger partial charge < -0.3 is 4.42 Å². The molecule has 1 heteroatoms. The van der Waals surface area contributed by atoms with E-state index in [-0.39, 0.29) is 0 Å². The lowest BCUT2D eigenvalue weighted by Gasteiger charge is -2.17. The Morgan fingerprint density at radius 3 is 1.76 bits per heavy atom. The fraction of sp³-hybridized carbons (Fsp3) is 0. The van der Waals surface area contributed by atoms with Crippen molar-refractivity contribution in [1.29, 1.82) is 0 Å². The molecule has 49 heavy (non-hydrogen) atoms. The molecule has 0 amide bonds. The Bertz CT molecular complexity index is 3090. The summed E-state index contributed by atoms with van der Waals surface area (Å²) in [5.41, 5.74) is 9.03. The van der Waals surface area contributed by atoms with Crippen molar-refractivity contribution in [1.82, 2.24) is 0 Å². The third kappa shape index (κ3) is 3.82. The van der Waals surface area contributed by atoms with E-state index < -0.39 is 0 Å². The first-order valence-electron chi connectivity index (χ1n) is 16.9. The van der Waals surface area contributed by atoms with Crippen LogP contribution in [0.3, 0.4) is 0 Å². The minimum atomic E-state index is 0.906. The molecule has 0 radical (unpaired) electrons. The lowest BCUT2D eigenvalue weighted by atomic mass is 9.86. The smallest absolute Gasteiger partial charge is 0.143 e. The predicted octanol–water partition coefficient (Wildman–Crippen LogP) is 13.8. The summed E-state index contributed by atoms with van der Waals surface area (Å²) in [6.07, 6.45) is 0. The van der Waals surface area contributed by atoms with Crippen LogP contribution in [0.1, 0.15) is 0 Å². The molecule has 0 bridgehead atoms. The van der Waals surface area contributed by atoms with E-state index in [0.29, 0.717) is 0 Å². The number of rotatable bonds is 3. The molecule has 1 nitrogen and oxygen atoms in total. The van der Waals surface area contributed by atoms with Crippen molar-refractivity contribution in [3.63, 3.8) is 0 Å². The molecule has 1 aromatic heterocycles. The average molecular weight is 621 g/mol. The Labute approximate surface area is 282 Å². The molecule has 0 saturated heterocycles. The quantitative estimate of drug-likeness (QED) is 0.179. The van der Waals surface area contributed by atoms with E-state index in [2.05, 4.69) is 170 Å². The van der Waals surface area contributed by atoms with Crippen molar-refractivity contribution in [3.05, 3.63) is 170 Å². The number of fused-ring (bicyclic) bond motifs is 6. The molecule has 226 valence electrons.